The quantitative estimate of drug-likeness (QED) is 0.831. The van der Waals surface area contributed by atoms with Crippen molar-refractivity contribution < 1.29 is 0 Å². The van der Waals surface area contributed by atoms with Crippen LogP contribution in [0.2, 0.25) is 10.0 Å². The fourth-order valence-electron chi connectivity index (χ4n) is 2.30. The van der Waals surface area contributed by atoms with Gasteiger partial charge in [0.2, 0.25) is 0 Å². The van der Waals surface area contributed by atoms with Gasteiger partial charge in [0.1, 0.15) is 0 Å². The van der Waals surface area contributed by atoms with Crippen LogP contribution in [0, 0.1) is 0 Å². The van der Waals surface area contributed by atoms with Crippen LogP contribution in [-0.4, -0.2) is 5.75 Å². The molecule has 2 aromatic carbocycles. The second-order valence-electron chi connectivity index (χ2n) is 4.48. The van der Waals surface area contributed by atoms with Gasteiger partial charge in [-0.2, -0.15) is 0 Å². The molecule has 1 nitrogen and oxygen atoms in total. The molecule has 98 valence electrons. The highest BCUT2D eigenvalue weighted by Crippen LogP contribution is 2.42. The molecule has 0 bridgehead atoms. The Kier molecular flexibility index (Phi) is 4.04. The number of nitrogens with one attached hydrogen (secondary N) is 1. The first-order valence-corrected chi connectivity index (χ1v) is 7.92. The first-order chi connectivity index (χ1) is 9.25. The Bertz CT molecular complexity index is 553. The summed E-state index contributed by atoms with van der Waals surface area (Å²) in [6.07, 6.45) is 0. The largest absolute Gasteiger partial charge is 0.294 e. The van der Waals surface area contributed by atoms with E-state index in [0.29, 0.717) is 5.37 Å². The lowest BCUT2D eigenvalue weighted by Gasteiger charge is -2.16. The summed E-state index contributed by atoms with van der Waals surface area (Å²) in [7, 11) is 0. The summed E-state index contributed by atoms with van der Waals surface area (Å²) in [6.45, 7) is 0. The van der Waals surface area contributed by atoms with E-state index in [4.69, 9.17) is 23.2 Å². The van der Waals surface area contributed by atoms with Gasteiger partial charge in [0, 0.05) is 27.4 Å². The van der Waals surface area contributed by atoms with Gasteiger partial charge in [0.25, 0.3) is 0 Å². The predicted molar refractivity (Wildman–Crippen MR) is 84.0 cm³/mol. The minimum absolute atomic E-state index is 0.205. The normalized spacial score (nSPS) is 22.6. The molecule has 0 amide bonds. The molecule has 1 saturated heterocycles. The standard InChI is InChI=1S/C15H13Cl2NS/c16-11-7-4-8-12(17)14(11)13-9-19-15(18-13)10-5-2-1-3-6-10/h1-8,13,15,18H,9H2. The Morgan fingerprint density at radius 2 is 1.63 bits per heavy atom. The van der Waals surface area contributed by atoms with Gasteiger partial charge in [0.05, 0.1) is 5.37 Å². The average molecular weight is 310 g/mol. The first kappa shape index (κ1) is 13.3. The summed E-state index contributed by atoms with van der Waals surface area (Å²) in [5, 5.41) is 5.37. The van der Waals surface area contributed by atoms with Crippen molar-refractivity contribution in [2.24, 2.45) is 0 Å². The lowest BCUT2D eigenvalue weighted by Crippen LogP contribution is -2.18. The molecule has 1 heterocycles. The molecular weight excluding hydrogens is 297 g/mol. The summed E-state index contributed by atoms with van der Waals surface area (Å²) in [5.74, 6) is 0.975. The molecule has 19 heavy (non-hydrogen) atoms. The predicted octanol–water partition coefficient (Wildman–Crippen LogP) is 5.07. The van der Waals surface area contributed by atoms with Crippen LogP contribution in [0.5, 0.6) is 0 Å². The van der Waals surface area contributed by atoms with Crippen molar-refractivity contribution in [3.05, 3.63) is 69.7 Å². The molecule has 2 aromatic rings. The molecular formula is C15H13Cl2NS. The summed E-state index contributed by atoms with van der Waals surface area (Å²) in [4.78, 5) is 0. The average Bonchev–Trinajstić information content (AvgIpc) is 2.89. The molecule has 0 aromatic heterocycles. The van der Waals surface area contributed by atoms with E-state index in [0.717, 1.165) is 21.4 Å². The van der Waals surface area contributed by atoms with Crippen LogP contribution in [-0.2, 0) is 0 Å². The van der Waals surface area contributed by atoms with Crippen molar-refractivity contribution in [2.45, 2.75) is 11.4 Å². The van der Waals surface area contributed by atoms with Crippen LogP contribution >= 0.6 is 35.0 Å². The van der Waals surface area contributed by atoms with Crippen molar-refractivity contribution in [2.75, 3.05) is 5.75 Å². The zero-order valence-corrected chi connectivity index (χ0v) is 12.5. The molecule has 4 heteroatoms. The molecule has 0 saturated carbocycles. The van der Waals surface area contributed by atoms with Gasteiger partial charge in [0.15, 0.2) is 0 Å². The maximum Gasteiger partial charge on any atom is 0.0795 e. The van der Waals surface area contributed by atoms with Crippen molar-refractivity contribution in [1.29, 1.82) is 0 Å². The van der Waals surface area contributed by atoms with E-state index in [9.17, 15) is 0 Å². The molecule has 0 spiro atoms. The molecule has 1 aliphatic heterocycles. The molecule has 1 fully saturated rings. The van der Waals surface area contributed by atoms with Crippen LogP contribution in [0.1, 0.15) is 22.5 Å². The third-order valence-electron chi connectivity index (χ3n) is 3.23. The van der Waals surface area contributed by atoms with Crippen molar-refractivity contribution in [3.63, 3.8) is 0 Å². The Morgan fingerprint density at radius 3 is 2.32 bits per heavy atom. The molecule has 1 N–H and O–H groups in total. The molecule has 2 atom stereocenters. The lowest BCUT2D eigenvalue weighted by atomic mass is 10.1. The van der Waals surface area contributed by atoms with Crippen molar-refractivity contribution in [1.82, 2.24) is 5.32 Å². The third kappa shape index (κ3) is 2.77. The second-order valence-corrected chi connectivity index (χ2v) is 6.43. The lowest BCUT2D eigenvalue weighted by molar-refractivity contribution is 0.605. The zero-order valence-electron chi connectivity index (χ0n) is 10.1. The molecule has 0 aliphatic carbocycles. The topological polar surface area (TPSA) is 12.0 Å². The highest BCUT2D eigenvalue weighted by Gasteiger charge is 2.29. The highest BCUT2D eigenvalue weighted by atomic mass is 35.5. The summed E-state index contributed by atoms with van der Waals surface area (Å²) < 4.78 is 0. The number of hydrogen-bond acceptors (Lipinski definition) is 2. The number of rotatable bonds is 2. The summed E-state index contributed by atoms with van der Waals surface area (Å²) in [5.41, 5.74) is 2.30. The van der Waals surface area contributed by atoms with E-state index < -0.39 is 0 Å². The SMILES string of the molecule is Clc1cccc(Cl)c1C1CSC(c2ccccc2)N1. The van der Waals surface area contributed by atoms with E-state index >= 15 is 0 Å². The van der Waals surface area contributed by atoms with E-state index in [1.165, 1.54) is 5.56 Å². The van der Waals surface area contributed by atoms with Crippen LogP contribution in [0.25, 0.3) is 0 Å². The first-order valence-electron chi connectivity index (χ1n) is 6.12. The van der Waals surface area contributed by atoms with Gasteiger partial charge >= 0.3 is 0 Å². The minimum atomic E-state index is 0.205. The van der Waals surface area contributed by atoms with E-state index in [-0.39, 0.29) is 6.04 Å². The van der Waals surface area contributed by atoms with E-state index in [2.05, 4.69) is 29.6 Å². The Morgan fingerprint density at radius 1 is 0.947 bits per heavy atom. The zero-order chi connectivity index (χ0) is 13.2. The Labute approximate surface area is 127 Å². The maximum absolute atomic E-state index is 6.27. The fraction of sp³-hybridized carbons (Fsp3) is 0.200. The molecule has 3 rings (SSSR count). The molecule has 2 unspecified atom stereocenters. The van der Waals surface area contributed by atoms with Crippen LogP contribution in [0.3, 0.4) is 0 Å². The van der Waals surface area contributed by atoms with Gasteiger partial charge in [-0.1, -0.05) is 59.6 Å². The Balaban J connectivity index is 1.83. The number of thioether (sulfide) groups is 1. The van der Waals surface area contributed by atoms with E-state index in [1.807, 2.05) is 36.0 Å². The monoisotopic (exact) mass is 309 g/mol. The smallest absolute Gasteiger partial charge is 0.0795 e. The highest BCUT2D eigenvalue weighted by molar-refractivity contribution is 7.99. The molecule has 0 radical (unpaired) electrons. The maximum atomic E-state index is 6.27. The summed E-state index contributed by atoms with van der Waals surface area (Å²) >= 11 is 14.4. The van der Waals surface area contributed by atoms with Gasteiger partial charge < -0.3 is 0 Å². The van der Waals surface area contributed by atoms with Gasteiger partial charge in [-0.15, -0.1) is 11.8 Å². The van der Waals surface area contributed by atoms with Crippen molar-refractivity contribution >= 4 is 35.0 Å². The number of hydrogen-bond donors (Lipinski definition) is 1. The molecule has 1 aliphatic rings. The number of halogens is 2. The third-order valence-corrected chi connectivity index (χ3v) is 5.16. The van der Waals surface area contributed by atoms with E-state index in [1.54, 1.807) is 0 Å². The van der Waals surface area contributed by atoms with Crippen molar-refractivity contribution in [3.8, 4) is 0 Å². The van der Waals surface area contributed by atoms with Gasteiger partial charge in [-0.3, -0.25) is 5.32 Å². The minimum Gasteiger partial charge on any atom is -0.294 e. The van der Waals surface area contributed by atoms with Gasteiger partial charge in [-0.05, 0) is 17.7 Å². The second kappa shape index (κ2) is 5.76. The Hall–Kier alpha value is -0.670. The summed E-state index contributed by atoms with van der Waals surface area (Å²) in [6, 6.07) is 16.3. The van der Waals surface area contributed by atoms with Crippen LogP contribution < -0.4 is 5.32 Å². The number of benzene rings is 2. The fourth-order valence-corrected chi connectivity index (χ4v) is 4.22. The van der Waals surface area contributed by atoms with Gasteiger partial charge in [-0.25, -0.2) is 0 Å². The van der Waals surface area contributed by atoms with Crippen LogP contribution in [0.15, 0.2) is 48.5 Å². The van der Waals surface area contributed by atoms with Crippen LogP contribution in [0.4, 0.5) is 0 Å².